The number of amides is 1. The summed E-state index contributed by atoms with van der Waals surface area (Å²) in [6.45, 7) is 5.09. The number of aromatic nitrogens is 1. The lowest BCUT2D eigenvalue weighted by atomic mass is 9.84. The second-order valence-corrected chi connectivity index (χ2v) is 6.01. The third kappa shape index (κ3) is 4.45. The number of hydrogen-bond acceptors (Lipinski definition) is 3. The summed E-state index contributed by atoms with van der Waals surface area (Å²) < 4.78 is 0. The van der Waals surface area contributed by atoms with Gasteiger partial charge in [-0.3, -0.25) is 9.78 Å². The summed E-state index contributed by atoms with van der Waals surface area (Å²) in [4.78, 5) is 16.6. The van der Waals surface area contributed by atoms with E-state index in [-0.39, 0.29) is 11.9 Å². The smallest absolute Gasteiger partial charge is 0.253 e. The zero-order valence-corrected chi connectivity index (χ0v) is 13.2. The van der Waals surface area contributed by atoms with Gasteiger partial charge < -0.3 is 10.6 Å². The van der Waals surface area contributed by atoms with Crippen molar-refractivity contribution >= 4 is 11.6 Å². The Labute approximate surface area is 127 Å². The van der Waals surface area contributed by atoms with Gasteiger partial charge in [0.1, 0.15) is 0 Å². The average molecular weight is 289 g/mol. The van der Waals surface area contributed by atoms with Gasteiger partial charge in [0, 0.05) is 18.8 Å². The van der Waals surface area contributed by atoms with Crippen molar-refractivity contribution in [3.05, 3.63) is 24.0 Å². The molecule has 21 heavy (non-hydrogen) atoms. The van der Waals surface area contributed by atoms with Crippen molar-refractivity contribution in [2.45, 2.75) is 58.4 Å². The number of carbonyl (C=O) groups excluding carboxylic acids is 1. The molecule has 4 heteroatoms. The quantitative estimate of drug-likeness (QED) is 0.841. The summed E-state index contributed by atoms with van der Waals surface area (Å²) >= 11 is 0. The molecule has 2 N–H and O–H groups in total. The van der Waals surface area contributed by atoms with Gasteiger partial charge in [0.25, 0.3) is 5.91 Å². The number of carbonyl (C=O) groups is 1. The first-order chi connectivity index (χ1) is 10.2. The summed E-state index contributed by atoms with van der Waals surface area (Å²) in [6, 6.07) is 2.03. The molecular weight excluding hydrogens is 262 g/mol. The molecule has 4 nitrogen and oxygen atoms in total. The van der Waals surface area contributed by atoms with E-state index in [1.807, 2.05) is 0 Å². The molecular formula is C17H27N3O. The number of hydrogen-bond donors (Lipinski definition) is 2. The summed E-state index contributed by atoms with van der Waals surface area (Å²) in [5, 5.41) is 6.45. The highest BCUT2D eigenvalue weighted by atomic mass is 16.1. The molecule has 116 valence electrons. The summed E-state index contributed by atoms with van der Waals surface area (Å²) in [5.41, 5.74) is 1.52. The van der Waals surface area contributed by atoms with Gasteiger partial charge in [-0.15, -0.1) is 0 Å². The summed E-state index contributed by atoms with van der Waals surface area (Å²) in [7, 11) is 0. The number of nitrogens with one attached hydrogen (secondary N) is 2. The van der Waals surface area contributed by atoms with Crippen LogP contribution in [0.2, 0.25) is 0 Å². The molecule has 1 unspecified atom stereocenters. The lowest BCUT2D eigenvalue weighted by Gasteiger charge is -2.28. The number of nitrogens with zero attached hydrogens (tertiary/aromatic N) is 1. The lowest BCUT2D eigenvalue weighted by molar-refractivity contribution is 0.0920. The van der Waals surface area contributed by atoms with Gasteiger partial charge in [0.15, 0.2) is 0 Å². The van der Waals surface area contributed by atoms with Gasteiger partial charge in [0.2, 0.25) is 0 Å². The van der Waals surface area contributed by atoms with Crippen LogP contribution < -0.4 is 10.6 Å². The minimum absolute atomic E-state index is 0.00840. The van der Waals surface area contributed by atoms with E-state index >= 15 is 0 Å². The molecule has 0 radical (unpaired) electrons. The third-order valence-corrected chi connectivity index (χ3v) is 4.35. The predicted octanol–water partition coefficient (Wildman–Crippen LogP) is 3.60. The Morgan fingerprint density at radius 1 is 1.38 bits per heavy atom. The summed E-state index contributed by atoms with van der Waals surface area (Å²) in [6.07, 6.45) is 10.8. The van der Waals surface area contributed by atoms with Crippen LogP contribution in [0, 0.1) is 5.92 Å². The van der Waals surface area contributed by atoms with E-state index in [4.69, 9.17) is 0 Å². The zero-order chi connectivity index (χ0) is 15.1. The normalized spacial score (nSPS) is 17.2. The number of rotatable bonds is 6. The molecule has 0 aromatic carbocycles. The molecule has 0 saturated heterocycles. The molecule has 0 bridgehead atoms. The van der Waals surface area contributed by atoms with Crippen LogP contribution in [-0.2, 0) is 0 Å². The van der Waals surface area contributed by atoms with Gasteiger partial charge in [0.05, 0.1) is 17.4 Å². The Kier molecular flexibility index (Phi) is 6.03. The van der Waals surface area contributed by atoms with Crippen LogP contribution in [0.1, 0.15) is 62.7 Å². The van der Waals surface area contributed by atoms with Crippen LogP contribution in [0.4, 0.5) is 5.69 Å². The van der Waals surface area contributed by atoms with Crippen LogP contribution in [0.15, 0.2) is 18.5 Å². The van der Waals surface area contributed by atoms with E-state index in [1.54, 1.807) is 18.5 Å². The SMILES string of the molecule is CCCNc1cnccc1C(=O)NC(C)C1CCCCC1. The Hall–Kier alpha value is -1.58. The number of anilines is 1. The molecule has 1 heterocycles. The maximum absolute atomic E-state index is 12.5. The molecule has 2 rings (SSSR count). The van der Waals surface area contributed by atoms with Gasteiger partial charge in [-0.1, -0.05) is 26.2 Å². The topological polar surface area (TPSA) is 54.0 Å². The van der Waals surface area contributed by atoms with Crippen molar-refractivity contribution in [3.63, 3.8) is 0 Å². The number of pyridine rings is 1. The maximum atomic E-state index is 12.5. The second kappa shape index (κ2) is 8.01. The largest absolute Gasteiger partial charge is 0.383 e. The Morgan fingerprint density at radius 3 is 2.86 bits per heavy atom. The average Bonchev–Trinajstić information content (AvgIpc) is 2.54. The first-order valence-electron chi connectivity index (χ1n) is 8.21. The first kappa shape index (κ1) is 15.8. The Bertz CT molecular complexity index is 455. The standard InChI is InChI=1S/C17H27N3O/c1-3-10-19-16-12-18-11-9-15(16)17(21)20-13(2)14-7-5-4-6-8-14/h9,11-14,19H,3-8,10H2,1-2H3,(H,20,21). The van der Waals surface area contributed by atoms with E-state index in [0.29, 0.717) is 11.5 Å². The van der Waals surface area contributed by atoms with Gasteiger partial charge >= 0.3 is 0 Å². The van der Waals surface area contributed by atoms with Gasteiger partial charge in [-0.25, -0.2) is 0 Å². The maximum Gasteiger partial charge on any atom is 0.253 e. The van der Waals surface area contributed by atoms with Crippen LogP contribution in [0.3, 0.4) is 0 Å². The van der Waals surface area contributed by atoms with Gasteiger partial charge in [-0.05, 0) is 38.2 Å². The molecule has 1 atom stereocenters. The van der Waals surface area contributed by atoms with Crippen molar-refractivity contribution in [2.75, 3.05) is 11.9 Å². The second-order valence-electron chi connectivity index (χ2n) is 6.01. The highest BCUT2D eigenvalue weighted by molar-refractivity contribution is 5.99. The van der Waals surface area contributed by atoms with E-state index < -0.39 is 0 Å². The van der Waals surface area contributed by atoms with E-state index in [1.165, 1.54) is 32.1 Å². The zero-order valence-electron chi connectivity index (χ0n) is 13.2. The fraction of sp³-hybridized carbons (Fsp3) is 0.647. The predicted molar refractivity (Wildman–Crippen MR) is 86.5 cm³/mol. The van der Waals surface area contributed by atoms with Crippen molar-refractivity contribution in [1.29, 1.82) is 0 Å². The monoisotopic (exact) mass is 289 g/mol. The van der Waals surface area contributed by atoms with Crippen LogP contribution in [0.25, 0.3) is 0 Å². The summed E-state index contributed by atoms with van der Waals surface area (Å²) in [5.74, 6) is 0.630. The third-order valence-electron chi connectivity index (χ3n) is 4.35. The molecule has 1 aromatic rings. The minimum atomic E-state index is 0.00840. The van der Waals surface area contributed by atoms with Crippen molar-refractivity contribution in [3.8, 4) is 0 Å². The van der Waals surface area contributed by atoms with E-state index in [9.17, 15) is 4.79 Å². The molecule has 1 aromatic heterocycles. The highest BCUT2D eigenvalue weighted by Crippen LogP contribution is 2.26. The fourth-order valence-electron chi connectivity index (χ4n) is 3.03. The van der Waals surface area contributed by atoms with E-state index in [2.05, 4.69) is 29.5 Å². The highest BCUT2D eigenvalue weighted by Gasteiger charge is 2.22. The molecule has 0 spiro atoms. The molecule has 1 aliphatic rings. The van der Waals surface area contributed by atoms with E-state index in [0.717, 1.165) is 18.7 Å². The molecule has 0 aliphatic heterocycles. The van der Waals surface area contributed by atoms with Crippen molar-refractivity contribution in [1.82, 2.24) is 10.3 Å². The first-order valence-corrected chi connectivity index (χ1v) is 8.21. The van der Waals surface area contributed by atoms with Crippen LogP contribution in [0.5, 0.6) is 0 Å². The van der Waals surface area contributed by atoms with Crippen LogP contribution >= 0.6 is 0 Å². The van der Waals surface area contributed by atoms with Crippen molar-refractivity contribution < 1.29 is 4.79 Å². The molecule has 1 saturated carbocycles. The van der Waals surface area contributed by atoms with Crippen LogP contribution in [-0.4, -0.2) is 23.5 Å². The molecule has 1 fully saturated rings. The molecule has 1 aliphatic carbocycles. The lowest BCUT2D eigenvalue weighted by Crippen LogP contribution is -2.39. The minimum Gasteiger partial charge on any atom is -0.383 e. The Balaban J connectivity index is 1.98. The molecule has 1 amide bonds. The Morgan fingerprint density at radius 2 is 2.14 bits per heavy atom. The fourth-order valence-corrected chi connectivity index (χ4v) is 3.03. The van der Waals surface area contributed by atoms with Gasteiger partial charge in [-0.2, -0.15) is 0 Å². The van der Waals surface area contributed by atoms with Crippen molar-refractivity contribution in [2.24, 2.45) is 5.92 Å².